The molecule has 136 valence electrons. The van der Waals surface area contributed by atoms with Gasteiger partial charge >= 0.3 is 5.69 Å². The molecule has 2 heterocycles. The van der Waals surface area contributed by atoms with Crippen LogP contribution in [0.25, 0.3) is 5.65 Å². The molecule has 0 saturated carbocycles. The smallest absolute Gasteiger partial charge is 0.350 e. The second-order valence-corrected chi connectivity index (χ2v) is 5.77. The van der Waals surface area contributed by atoms with E-state index >= 15 is 0 Å². The Morgan fingerprint density at radius 2 is 1.93 bits per heavy atom. The largest absolute Gasteiger partial charge is 0.497 e. The van der Waals surface area contributed by atoms with Gasteiger partial charge in [0.25, 0.3) is 5.88 Å². The number of halogens is 1. The lowest BCUT2D eigenvalue weighted by Gasteiger charge is -2.04. The van der Waals surface area contributed by atoms with E-state index < -0.39 is 0 Å². The number of benzene rings is 2. The number of rotatable bonds is 5. The van der Waals surface area contributed by atoms with Crippen LogP contribution in [0.15, 0.2) is 65.7 Å². The molecule has 7 nitrogen and oxygen atoms in total. The number of methoxy groups -OCH3 is 1. The van der Waals surface area contributed by atoms with Gasteiger partial charge in [-0.3, -0.25) is 0 Å². The number of hydrogen-bond acceptors (Lipinski definition) is 5. The first kappa shape index (κ1) is 16.8. The summed E-state index contributed by atoms with van der Waals surface area (Å²) in [7, 11) is 1.58. The molecule has 0 saturated heterocycles. The molecule has 0 atom stereocenters. The molecule has 2 aromatic carbocycles. The summed E-state index contributed by atoms with van der Waals surface area (Å²) in [5, 5.41) is 4.34. The Balaban J connectivity index is 1.70. The number of nitrogens with zero attached hydrogens (tertiary/aromatic N) is 4. The molecule has 0 aliphatic rings. The van der Waals surface area contributed by atoms with Crippen molar-refractivity contribution >= 4 is 5.65 Å². The van der Waals surface area contributed by atoms with Gasteiger partial charge < -0.3 is 9.47 Å². The van der Waals surface area contributed by atoms with E-state index in [0.29, 0.717) is 11.5 Å². The standard InChI is InChI=1S/C19H15FN4O3/c1-26-16-4-2-3-13(11-16)12-24-19(25)23-10-9-21-18(17(23)22-24)27-15-7-5-14(20)6-8-15/h2-11H,12H2,1H3. The van der Waals surface area contributed by atoms with Crippen LogP contribution in [0.3, 0.4) is 0 Å². The van der Waals surface area contributed by atoms with Crippen molar-refractivity contribution in [1.29, 1.82) is 0 Å². The van der Waals surface area contributed by atoms with Crippen LogP contribution in [0, 0.1) is 5.82 Å². The predicted molar refractivity (Wildman–Crippen MR) is 95.8 cm³/mol. The van der Waals surface area contributed by atoms with Gasteiger partial charge in [-0.1, -0.05) is 12.1 Å². The normalized spacial score (nSPS) is 10.9. The monoisotopic (exact) mass is 366 g/mol. The van der Waals surface area contributed by atoms with Crippen molar-refractivity contribution in [3.8, 4) is 17.4 Å². The average molecular weight is 366 g/mol. The fraction of sp³-hybridized carbons (Fsp3) is 0.105. The highest BCUT2D eigenvalue weighted by Crippen LogP contribution is 2.22. The van der Waals surface area contributed by atoms with Crippen LogP contribution < -0.4 is 15.2 Å². The highest BCUT2D eigenvalue weighted by atomic mass is 19.1. The van der Waals surface area contributed by atoms with E-state index in [0.717, 1.165) is 5.56 Å². The number of hydrogen-bond donors (Lipinski definition) is 0. The molecule has 0 spiro atoms. The fourth-order valence-corrected chi connectivity index (χ4v) is 2.66. The van der Waals surface area contributed by atoms with Crippen LogP contribution >= 0.6 is 0 Å². The third kappa shape index (κ3) is 3.37. The van der Waals surface area contributed by atoms with Gasteiger partial charge in [-0.25, -0.2) is 23.3 Å². The first-order valence-corrected chi connectivity index (χ1v) is 8.14. The molecular weight excluding hydrogens is 351 g/mol. The van der Waals surface area contributed by atoms with Crippen molar-refractivity contribution in [2.24, 2.45) is 0 Å². The SMILES string of the molecule is COc1cccc(Cn2nc3c(Oc4ccc(F)cc4)nccn3c2=O)c1. The maximum absolute atomic E-state index is 13.1. The summed E-state index contributed by atoms with van der Waals surface area (Å²) in [6.45, 7) is 0.272. The molecule has 8 heteroatoms. The minimum atomic E-state index is -0.368. The van der Waals surface area contributed by atoms with Gasteiger partial charge in [0, 0.05) is 12.4 Å². The molecule has 0 fully saturated rings. The quantitative estimate of drug-likeness (QED) is 0.543. The molecular formula is C19H15FN4O3. The lowest BCUT2D eigenvalue weighted by molar-refractivity contribution is 0.414. The first-order chi connectivity index (χ1) is 13.1. The van der Waals surface area contributed by atoms with E-state index in [1.807, 2.05) is 24.3 Å². The summed E-state index contributed by atoms with van der Waals surface area (Å²) in [5.41, 5.74) is 0.822. The molecule has 0 amide bonds. The van der Waals surface area contributed by atoms with Crippen molar-refractivity contribution in [1.82, 2.24) is 19.2 Å². The second kappa shape index (κ2) is 6.91. The Morgan fingerprint density at radius 3 is 2.70 bits per heavy atom. The van der Waals surface area contributed by atoms with Crippen molar-refractivity contribution < 1.29 is 13.9 Å². The number of fused-ring (bicyclic) bond motifs is 1. The Labute approximate surface area is 153 Å². The molecule has 2 aromatic heterocycles. The van der Waals surface area contributed by atoms with Gasteiger partial charge in [-0.15, -0.1) is 5.10 Å². The second-order valence-electron chi connectivity index (χ2n) is 5.77. The van der Waals surface area contributed by atoms with Crippen LogP contribution in [0.5, 0.6) is 17.4 Å². The molecule has 0 radical (unpaired) electrons. The van der Waals surface area contributed by atoms with Gasteiger partial charge in [-0.05, 0) is 42.0 Å². The van der Waals surface area contributed by atoms with Gasteiger partial charge in [-0.2, -0.15) is 0 Å². The van der Waals surface area contributed by atoms with Gasteiger partial charge in [0.1, 0.15) is 17.3 Å². The Kier molecular flexibility index (Phi) is 4.29. The molecule has 27 heavy (non-hydrogen) atoms. The molecule has 4 aromatic rings. The molecule has 0 unspecified atom stereocenters. The topological polar surface area (TPSA) is 70.7 Å². The van der Waals surface area contributed by atoms with Crippen LogP contribution in [0.1, 0.15) is 5.56 Å². The summed E-state index contributed by atoms with van der Waals surface area (Å²) >= 11 is 0. The maximum Gasteiger partial charge on any atom is 0.350 e. The molecule has 0 aliphatic heterocycles. The lowest BCUT2D eigenvalue weighted by Crippen LogP contribution is -2.21. The minimum absolute atomic E-state index is 0.158. The average Bonchev–Trinajstić information content (AvgIpc) is 3.01. The number of ether oxygens (including phenoxy) is 2. The highest BCUT2D eigenvalue weighted by molar-refractivity contribution is 5.49. The van der Waals surface area contributed by atoms with Crippen LogP contribution in [-0.2, 0) is 6.54 Å². The highest BCUT2D eigenvalue weighted by Gasteiger charge is 2.14. The van der Waals surface area contributed by atoms with E-state index in [4.69, 9.17) is 9.47 Å². The third-order valence-corrected chi connectivity index (χ3v) is 3.96. The minimum Gasteiger partial charge on any atom is -0.497 e. The Bertz CT molecular complexity index is 1150. The van der Waals surface area contributed by atoms with E-state index in [9.17, 15) is 9.18 Å². The molecule has 4 rings (SSSR count). The van der Waals surface area contributed by atoms with Crippen LogP contribution in [0.4, 0.5) is 4.39 Å². The zero-order chi connectivity index (χ0) is 18.8. The summed E-state index contributed by atoms with van der Waals surface area (Å²) < 4.78 is 26.6. The summed E-state index contributed by atoms with van der Waals surface area (Å²) in [4.78, 5) is 16.8. The summed E-state index contributed by atoms with van der Waals surface area (Å²) in [6, 6.07) is 12.9. The van der Waals surface area contributed by atoms with Crippen molar-refractivity contribution in [2.45, 2.75) is 6.54 Å². The molecule has 0 aliphatic carbocycles. The molecule has 0 bridgehead atoms. The fourth-order valence-electron chi connectivity index (χ4n) is 2.66. The summed E-state index contributed by atoms with van der Waals surface area (Å²) in [5.74, 6) is 0.885. The van der Waals surface area contributed by atoms with Crippen molar-refractivity contribution in [3.05, 3.63) is 82.8 Å². The maximum atomic E-state index is 13.1. The third-order valence-electron chi connectivity index (χ3n) is 3.96. The number of aromatic nitrogens is 4. The lowest BCUT2D eigenvalue weighted by atomic mass is 10.2. The molecule has 0 N–H and O–H groups in total. The Morgan fingerprint density at radius 1 is 1.11 bits per heavy atom. The van der Waals surface area contributed by atoms with Gasteiger partial charge in [0.05, 0.1) is 13.7 Å². The van der Waals surface area contributed by atoms with E-state index in [-0.39, 0.29) is 29.6 Å². The zero-order valence-electron chi connectivity index (χ0n) is 14.4. The zero-order valence-corrected chi connectivity index (χ0v) is 14.4. The Hall–Kier alpha value is -3.68. The van der Waals surface area contributed by atoms with Crippen molar-refractivity contribution in [3.63, 3.8) is 0 Å². The van der Waals surface area contributed by atoms with Crippen molar-refractivity contribution in [2.75, 3.05) is 7.11 Å². The van der Waals surface area contributed by atoms with E-state index in [1.54, 1.807) is 7.11 Å². The van der Waals surface area contributed by atoms with Crippen LogP contribution in [0.2, 0.25) is 0 Å². The van der Waals surface area contributed by atoms with Gasteiger partial charge in [0.15, 0.2) is 0 Å². The van der Waals surface area contributed by atoms with Crippen LogP contribution in [-0.4, -0.2) is 26.3 Å². The van der Waals surface area contributed by atoms with E-state index in [2.05, 4.69) is 10.1 Å². The first-order valence-electron chi connectivity index (χ1n) is 8.14. The predicted octanol–water partition coefficient (Wildman–Crippen LogP) is 2.88. The summed E-state index contributed by atoms with van der Waals surface area (Å²) in [6.07, 6.45) is 2.97. The van der Waals surface area contributed by atoms with E-state index in [1.165, 1.54) is 45.7 Å². The van der Waals surface area contributed by atoms with Gasteiger partial charge in [0.2, 0.25) is 5.65 Å².